The van der Waals surface area contributed by atoms with Crippen LogP contribution in [0.15, 0.2) is 16.4 Å². The molecule has 0 bridgehead atoms. The summed E-state index contributed by atoms with van der Waals surface area (Å²) in [6.07, 6.45) is -3.93. The van der Waals surface area contributed by atoms with E-state index in [4.69, 9.17) is 0 Å². The number of nitrogens with one attached hydrogen (secondary N) is 2. The lowest BCUT2D eigenvalue weighted by Gasteiger charge is -2.27. The van der Waals surface area contributed by atoms with E-state index in [0.717, 1.165) is 26.1 Å². The van der Waals surface area contributed by atoms with Crippen LogP contribution in [0.25, 0.3) is 0 Å². The van der Waals surface area contributed by atoms with Crippen LogP contribution in [0.1, 0.15) is 16.9 Å². The number of hydrogen-bond donors (Lipinski definition) is 2. The number of rotatable bonds is 5. The maximum Gasteiger partial charge on any atom is 0.390 e. The van der Waals surface area contributed by atoms with Crippen molar-refractivity contribution in [1.82, 2.24) is 15.5 Å². The summed E-state index contributed by atoms with van der Waals surface area (Å²) >= 11 is 1.81. The number of thiophene rings is 1. The van der Waals surface area contributed by atoms with Crippen molar-refractivity contribution < 1.29 is 13.2 Å². The van der Waals surface area contributed by atoms with E-state index >= 15 is 0 Å². The molecular weight excluding hydrogens is 313 g/mol. The van der Waals surface area contributed by atoms with Gasteiger partial charge >= 0.3 is 6.18 Å². The summed E-state index contributed by atoms with van der Waals surface area (Å²) in [7, 11) is 1.56. The van der Waals surface area contributed by atoms with Gasteiger partial charge in [-0.05, 0) is 23.4 Å². The molecule has 0 atom stereocenters. The second kappa shape index (κ2) is 7.82. The zero-order valence-electron chi connectivity index (χ0n) is 12.5. The van der Waals surface area contributed by atoms with Gasteiger partial charge in [0.1, 0.15) is 0 Å². The summed E-state index contributed by atoms with van der Waals surface area (Å²) in [5.74, 6) is 0.414. The quantitative estimate of drug-likeness (QED) is 0.641. The Morgan fingerprint density at radius 1 is 1.36 bits per heavy atom. The van der Waals surface area contributed by atoms with Gasteiger partial charge in [0.15, 0.2) is 5.96 Å². The Labute approximate surface area is 132 Å². The predicted molar refractivity (Wildman–Crippen MR) is 83.3 cm³/mol. The first-order chi connectivity index (χ1) is 10.5. The van der Waals surface area contributed by atoms with Crippen LogP contribution in [0.2, 0.25) is 0 Å². The zero-order valence-corrected chi connectivity index (χ0v) is 13.4. The molecule has 8 heteroatoms. The predicted octanol–water partition coefficient (Wildman–Crippen LogP) is 2.22. The van der Waals surface area contributed by atoms with Gasteiger partial charge < -0.3 is 10.6 Å². The summed E-state index contributed by atoms with van der Waals surface area (Å²) in [5.41, 5.74) is 1.39. The molecule has 22 heavy (non-hydrogen) atoms. The maximum absolute atomic E-state index is 12.1. The third kappa shape index (κ3) is 5.49. The molecule has 1 aromatic heterocycles. The maximum atomic E-state index is 12.1. The van der Waals surface area contributed by atoms with Gasteiger partial charge in [0.05, 0.1) is 6.42 Å². The molecule has 0 fully saturated rings. The van der Waals surface area contributed by atoms with Gasteiger partial charge in [0.25, 0.3) is 0 Å². The molecule has 0 unspecified atom stereocenters. The Hall–Kier alpha value is -1.28. The van der Waals surface area contributed by atoms with Gasteiger partial charge in [-0.25, -0.2) is 0 Å². The van der Waals surface area contributed by atoms with Crippen molar-refractivity contribution in [1.29, 1.82) is 0 Å². The molecule has 1 aromatic rings. The molecule has 0 saturated carbocycles. The lowest BCUT2D eigenvalue weighted by atomic mass is 10.1. The number of fused-ring (bicyclic) bond motifs is 1. The largest absolute Gasteiger partial charge is 0.390 e. The zero-order chi connectivity index (χ0) is 16.0. The van der Waals surface area contributed by atoms with Crippen molar-refractivity contribution in [3.63, 3.8) is 0 Å². The number of alkyl halides is 3. The third-order valence-electron chi connectivity index (χ3n) is 3.53. The Balaban J connectivity index is 1.65. The van der Waals surface area contributed by atoms with E-state index in [-0.39, 0.29) is 6.54 Å². The lowest BCUT2D eigenvalue weighted by molar-refractivity contribution is -0.132. The minimum absolute atomic E-state index is 0.162. The van der Waals surface area contributed by atoms with Crippen LogP contribution in [0, 0.1) is 0 Å². The second-order valence-corrected chi connectivity index (χ2v) is 6.19. The molecule has 1 aliphatic rings. The van der Waals surface area contributed by atoms with Gasteiger partial charge in [-0.3, -0.25) is 9.89 Å². The van der Waals surface area contributed by atoms with Crippen molar-refractivity contribution >= 4 is 17.3 Å². The first-order valence-electron chi connectivity index (χ1n) is 7.27. The molecule has 0 saturated heterocycles. The van der Waals surface area contributed by atoms with Crippen LogP contribution < -0.4 is 10.6 Å². The van der Waals surface area contributed by atoms with E-state index in [2.05, 4.69) is 32.0 Å². The van der Waals surface area contributed by atoms with Crippen LogP contribution in [-0.2, 0) is 13.0 Å². The first kappa shape index (κ1) is 17.1. The average Bonchev–Trinajstić information content (AvgIpc) is 2.92. The van der Waals surface area contributed by atoms with Crippen LogP contribution in [0.3, 0.4) is 0 Å². The molecule has 0 spiro atoms. The van der Waals surface area contributed by atoms with Crippen LogP contribution in [0.5, 0.6) is 0 Å². The summed E-state index contributed by atoms with van der Waals surface area (Å²) in [5, 5.41) is 7.85. The molecule has 0 amide bonds. The molecule has 0 aromatic carbocycles. The van der Waals surface area contributed by atoms with Gasteiger partial charge in [-0.1, -0.05) is 0 Å². The normalized spacial score (nSPS) is 16.5. The van der Waals surface area contributed by atoms with Crippen molar-refractivity contribution in [2.45, 2.75) is 25.6 Å². The van der Waals surface area contributed by atoms with Crippen LogP contribution in [0.4, 0.5) is 13.2 Å². The van der Waals surface area contributed by atoms with E-state index < -0.39 is 12.6 Å². The van der Waals surface area contributed by atoms with Crippen molar-refractivity contribution in [2.75, 3.05) is 33.2 Å². The first-order valence-corrected chi connectivity index (χ1v) is 8.15. The highest BCUT2D eigenvalue weighted by molar-refractivity contribution is 7.10. The monoisotopic (exact) mass is 334 g/mol. The second-order valence-electron chi connectivity index (χ2n) is 5.19. The number of halogens is 3. The Kier molecular flexibility index (Phi) is 6.07. The van der Waals surface area contributed by atoms with Gasteiger partial charge in [-0.2, -0.15) is 13.2 Å². The molecular formula is C14H21F3N4S. The molecule has 2 rings (SSSR count). The Morgan fingerprint density at radius 3 is 2.86 bits per heavy atom. The Bertz CT molecular complexity index is 499. The minimum Gasteiger partial charge on any atom is -0.356 e. The summed E-state index contributed by atoms with van der Waals surface area (Å²) in [4.78, 5) is 7.73. The fourth-order valence-corrected chi connectivity index (χ4v) is 3.26. The molecule has 124 valence electrons. The fraction of sp³-hybridized carbons (Fsp3) is 0.643. The number of guanidine groups is 1. The molecule has 4 nitrogen and oxygen atoms in total. The summed E-state index contributed by atoms with van der Waals surface area (Å²) in [6, 6.07) is 2.16. The Morgan fingerprint density at radius 2 is 2.14 bits per heavy atom. The number of aliphatic imine (C=N–C) groups is 1. The van der Waals surface area contributed by atoms with Crippen molar-refractivity contribution in [3.05, 3.63) is 21.9 Å². The van der Waals surface area contributed by atoms with E-state index in [0.29, 0.717) is 12.5 Å². The topological polar surface area (TPSA) is 39.7 Å². The highest BCUT2D eigenvalue weighted by atomic mass is 32.1. The van der Waals surface area contributed by atoms with Crippen molar-refractivity contribution in [3.8, 4) is 0 Å². The number of nitrogens with zero attached hydrogens (tertiary/aromatic N) is 2. The summed E-state index contributed by atoms with van der Waals surface area (Å²) < 4.78 is 36.3. The fourth-order valence-electron chi connectivity index (χ4n) is 2.37. The van der Waals surface area contributed by atoms with Crippen LogP contribution in [-0.4, -0.2) is 50.3 Å². The van der Waals surface area contributed by atoms with Crippen molar-refractivity contribution in [2.24, 2.45) is 4.99 Å². The summed E-state index contributed by atoms with van der Waals surface area (Å²) in [6.45, 7) is 3.31. The molecule has 0 radical (unpaired) electrons. The minimum atomic E-state index is -4.14. The highest BCUT2D eigenvalue weighted by Crippen LogP contribution is 2.23. The molecule has 2 N–H and O–H groups in total. The SMILES string of the molecule is CN=C(NCCN1CCc2sccc2C1)NCCC(F)(F)F. The standard InChI is InChI=1S/C14H21F3N4S/c1-18-13(19-5-4-14(15,16)17)20-6-8-21-7-2-12-11(10-21)3-9-22-12/h3,9H,2,4-8,10H2,1H3,(H2,18,19,20). The average molecular weight is 334 g/mol. The third-order valence-corrected chi connectivity index (χ3v) is 4.55. The van der Waals surface area contributed by atoms with Gasteiger partial charge in [0, 0.05) is 44.6 Å². The molecule has 1 aliphatic heterocycles. The van der Waals surface area contributed by atoms with E-state index in [1.54, 1.807) is 7.05 Å². The number of hydrogen-bond acceptors (Lipinski definition) is 3. The lowest BCUT2D eigenvalue weighted by Crippen LogP contribution is -2.43. The smallest absolute Gasteiger partial charge is 0.356 e. The van der Waals surface area contributed by atoms with E-state index in [1.807, 2.05) is 11.3 Å². The van der Waals surface area contributed by atoms with Gasteiger partial charge in [-0.15, -0.1) is 11.3 Å². The molecule has 0 aliphatic carbocycles. The van der Waals surface area contributed by atoms with Gasteiger partial charge in [0.2, 0.25) is 0 Å². The molecule has 2 heterocycles. The van der Waals surface area contributed by atoms with E-state index in [1.165, 1.54) is 10.4 Å². The highest BCUT2D eigenvalue weighted by Gasteiger charge is 2.26. The van der Waals surface area contributed by atoms with Crippen LogP contribution >= 0.6 is 11.3 Å². The van der Waals surface area contributed by atoms with E-state index in [9.17, 15) is 13.2 Å².